The molecule has 1 fully saturated rings. The molecule has 1 aliphatic heterocycles. The van der Waals surface area contributed by atoms with Crippen LogP contribution in [0, 0.1) is 0 Å². The lowest BCUT2D eigenvalue weighted by atomic mass is 9.96. The molecule has 3 N–H and O–H groups in total. The number of carbonyl (C=O) groups is 1. The number of ether oxygens (including phenoxy) is 1. The van der Waals surface area contributed by atoms with Crippen LogP contribution < -0.4 is 15.8 Å². The largest absolute Gasteiger partial charge is 0.494 e. The van der Waals surface area contributed by atoms with Crippen molar-refractivity contribution in [2.75, 3.05) is 24.7 Å². The van der Waals surface area contributed by atoms with E-state index in [2.05, 4.69) is 24.1 Å². The Balaban J connectivity index is 2.14. The van der Waals surface area contributed by atoms with Crippen LogP contribution in [0.2, 0.25) is 0 Å². The van der Waals surface area contributed by atoms with E-state index >= 15 is 0 Å². The van der Waals surface area contributed by atoms with Gasteiger partial charge in [0.2, 0.25) is 5.91 Å². The molecular formula is C18H29N3O2. The predicted molar refractivity (Wildman–Crippen MR) is 94.8 cm³/mol. The monoisotopic (exact) mass is 319 g/mol. The van der Waals surface area contributed by atoms with Gasteiger partial charge in [-0.2, -0.15) is 0 Å². The van der Waals surface area contributed by atoms with E-state index in [0.717, 1.165) is 19.4 Å². The maximum absolute atomic E-state index is 12.8. The molecule has 0 saturated carbocycles. The Bertz CT molecular complexity index is 533. The van der Waals surface area contributed by atoms with Crippen molar-refractivity contribution in [3.05, 3.63) is 18.2 Å². The summed E-state index contributed by atoms with van der Waals surface area (Å²) in [5, 5.41) is 3.02. The molecule has 1 amide bonds. The van der Waals surface area contributed by atoms with Gasteiger partial charge in [-0.25, -0.2) is 0 Å². The second-order valence-corrected chi connectivity index (χ2v) is 6.17. The van der Waals surface area contributed by atoms with Gasteiger partial charge in [-0.15, -0.1) is 0 Å². The molecule has 2 atom stereocenters. The molecule has 5 heteroatoms. The lowest BCUT2D eigenvalue weighted by Gasteiger charge is -2.40. The van der Waals surface area contributed by atoms with Crippen LogP contribution in [0.1, 0.15) is 46.0 Å². The van der Waals surface area contributed by atoms with Crippen molar-refractivity contribution in [1.29, 1.82) is 0 Å². The van der Waals surface area contributed by atoms with Crippen LogP contribution in [0.3, 0.4) is 0 Å². The zero-order chi connectivity index (χ0) is 16.8. The summed E-state index contributed by atoms with van der Waals surface area (Å²) in [6, 6.07) is 5.71. The highest BCUT2D eigenvalue weighted by molar-refractivity contribution is 5.96. The molecule has 23 heavy (non-hydrogen) atoms. The Labute approximate surface area is 139 Å². The predicted octanol–water partition coefficient (Wildman–Crippen LogP) is 3.26. The fourth-order valence-corrected chi connectivity index (χ4v) is 3.47. The summed E-state index contributed by atoms with van der Waals surface area (Å²) in [7, 11) is 1.58. The molecule has 0 aromatic heterocycles. The average Bonchev–Trinajstić information content (AvgIpc) is 2.57. The SMILES string of the molecule is CCC1CCCCN1C(CC)C(=O)Nc1ccc(N)cc1OC. The van der Waals surface area contributed by atoms with E-state index in [9.17, 15) is 4.79 Å². The molecule has 0 spiro atoms. The summed E-state index contributed by atoms with van der Waals surface area (Å²) in [6.07, 6.45) is 5.52. The minimum absolute atomic E-state index is 0.0379. The second kappa shape index (κ2) is 8.20. The van der Waals surface area contributed by atoms with Gasteiger partial charge in [0, 0.05) is 17.8 Å². The Hall–Kier alpha value is -1.75. The fourth-order valence-electron chi connectivity index (χ4n) is 3.47. The van der Waals surface area contributed by atoms with Crippen molar-refractivity contribution in [3.63, 3.8) is 0 Å². The lowest BCUT2D eigenvalue weighted by molar-refractivity contribution is -0.123. The van der Waals surface area contributed by atoms with E-state index in [-0.39, 0.29) is 11.9 Å². The Kier molecular flexibility index (Phi) is 6.28. The third-order valence-corrected chi connectivity index (χ3v) is 4.72. The molecule has 0 aliphatic carbocycles. The van der Waals surface area contributed by atoms with Crippen LogP contribution in [0.5, 0.6) is 5.75 Å². The maximum Gasteiger partial charge on any atom is 0.241 e. The Morgan fingerprint density at radius 3 is 2.87 bits per heavy atom. The number of benzene rings is 1. The minimum Gasteiger partial charge on any atom is -0.494 e. The third kappa shape index (κ3) is 4.16. The number of nitrogens with zero attached hydrogens (tertiary/aromatic N) is 1. The van der Waals surface area contributed by atoms with Gasteiger partial charge in [0.15, 0.2) is 0 Å². The van der Waals surface area contributed by atoms with Crippen molar-refractivity contribution in [2.24, 2.45) is 0 Å². The Morgan fingerprint density at radius 2 is 2.22 bits per heavy atom. The summed E-state index contributed by atoms with van der Waals surface area (Å²) < 4.78 is 5.32. The van der Waals surface area contributed by atoms with Gasteiger partial charge in [0.25, 0.3) is 0 Å². The van der Waals surface area contributed by atoms with Crippen molar-refractivity contribution >= 4 is 17.3 Å². The highest BCUT2D eigenvalue weighted by Crippen LogP contribution is 2.28. The summed E-state index contributed by atoms with van der Waals surface area (Å²) >= 11 is 0. The van der Waals surface area contributed by atoms with Gasteiger partial charge in [0.05, 0.1) is 18.8 Å². The molecule has 1 aliphatic rings. The first kappa shape index (κ1) is 17.6. The van der Waals surface area contributed by atoms with E-state index < -0.39 is 0 Å². The van der Waals surface area contributed by atoms with E-state index in [1.807, 2.05) is 0 Å². The smallest absolute Gasteiger partial charge is 0.241 e. The molecule has 1 aromatic carbocycles. The first-order chi connectivity index (χ1) is 11.1. The van der Waals surface area contributed by atoms with E-state index in [1.54, 1.807) is 25.3 Å². The van der Waals surface area contributed by atoms with Gasteiger partial charge in [-0.3, -0.25) is 9.69 Å². The highest BCUT2D eigenvalue weighted by atomic mass is 16.5. The van der Waals surface area contributed by atoms with Gasteiger partial charge in [0.1, 0.15) is 5.75 Å². The minimum atomic E-state index is -0.0949. The van der Waals surface area contributed by atoms with Gasteiger partial charge < -0.3 is 15.8 Å². The molecule has 2 rings (SSSR count). The quantitative estimate of drug-likeness (QED) is 0.790. The summed E-state index contributed by atoms with van der Waals surface area (Å²) in [4.78, 5) is 15.2. The molecule has 0 bridgehead atoms. The number of nitrogen functional groups attached to an aromatic ring is 1. The first-order valence-corrected chi connectivity index (χ1v) is 8.60. The van der Waals surface area contributed by atoms with E-state index in [4.69, 9.17) is 10.5 Å². The van der Waals surface area contributed by atoms with Gasteiger partial charge >= 0.3 is 0 Å². The number of amides is 1. The van der Waals surface area contributed by atoms with E-state index in [1.165, 1.54) is 19.3 Å². The topological polar surface area (TPSA) is 67.6 Å². The van der Waals surface area contributed by atoms with Crippen LogP contribution in [0.15, 0.2) is 18.2 Å². The van der Waals surface area contributed by atoms with Crippen molar-refractivity contribution in [3.8, 4) is 5.75 Å². The molecule has 128 valence electrons. The summed E-state index contributed by atoms with van der Waals surface area (Å²) in [5.41, 5.74) is 7.07. The second-order valence-electron chi connectivity index (χ2n) is 6.17. The molecule has 5 nitrogen and oxygen atoms in total. The number of likely N-dealkylation sites (tertiary alicyclic amines) is 1. The third-order valence-electron chi connectivity index (χ3n) is 4.72. The number of nitrogens with two attached hydrogens (primary N) is 1. The number of rotatable bonds is 6. The zero-order valence-electron chi connectivity index (χ0n) is 14.5. The highest BCUT2D eigenvalue weighted by Gasteiger charge is 2.31. The zero-order valence-corrected chi connectivity index (χ0v) is 14.5. The number of nitrogens with one attached hydrogen (secondary N) is 1. The van der Waals surface area contributed by atoms with Crippen molar-refractivity contribution in [1.82, 2.24) is 4.90 Å². The van der Waals surface area contributed by atoms with Crippen molar-refractivity contribution in [2.45, 2.75) is 58.0 Å². The fraction of sp³-hybridized carbons (Fsp3) is 0.611. The molecular weight excluding hydrogens is 290 g/mol. The number of methoxy groups -OCH3 is 1. The summed E-state index contributed by atoms with van der Waals surface area (Å²) in [5.74, 6) is 0.634. The molecule has 2 unspecified atom stereocenters. The number of hydrogen-bond donors (Lipinski definition) is 2. The molecule has 1 aromatic rings. The van der Waals surface area contributed by atoms with Gasteiger partial charge in [-0.05, 0) is 44.4 Å². The van der Waals surface area contributed by atoms with Crippen LogP contribution >= 0.6 is 0 Å². The standard InChI is InChI=1S/C18H29N3O2/c1-4-14-8-6-7-11-21(14)16(5-2)18(22)20-15-10-9-13(19)12-17(15)23-3/h9-10,12,14,16H,4-8,11,19H2,1-3H3,(H,20,22). The molecule has 1 heterocycles. The van der Waals surface area contributed by atoms with Crippen LogP contribution in [0.4, 0.5) is 11.4 Å². The number of anilines is 2. The molecule has 0 radical (unpaired) electrons. The maximum atomic E-state index is 12.8. The van der Waals surface area contributed by atoms with Gasteiger partial charge in [-0.1, -0.05) is 20.3 Å². The van der Waals surface area contributed by atoms with Crippen LogP contribution in [-0.4, -0.2) is 36.5 Å². The van der Waals surface area contributed by atoms with Crippen LogP contribution in [0.25, 0.3) is 0 Å². The Morgan fingerprint density at radius 1 is 1.43 bits per heavy atom. The number of hydrogen-bond acceptors (Lipinski definition) is 4. The first-order valence-electron chi connectivity index (χ1n) is 8.60. The number of carbonyl (C=O) groups excluding carboxylic acids is 1. The van der Waals surface area contributed by atoms with E-state index in [0.29, 0.717) is 23.2 Å². The van der Waals surface area contributed by atoms with Crippen LogP contribution in [-0.2, 0) is 4.79 Å². The summed E-state index contributed by atoms with van der Waals surface area (Å²) in [6.45, 7) is 5.28. The van der Waals surface area contributed by atoms with Crippen molar-refractivity contribution < 1.29 is 9.53 Å². The average molecular weight is 319 g/mol. The number of piperidine rings is 1. The lowest BCUT2D eigenvalue weighted by Crippen LogP contribution is -2.51. The molecule has 1 saturated heterocycles. The normalized spacial score (nSPS) is 20.0.